The van der Waals surface area contributed by atoms with Crippen molar-refractivity contribution in [2.75, 3.05) is 0 Å². The van der Waals surface area contributed by atoms with E-state index in [1.165, 1.54) is 0 Å². The summed E-state index contributed by atoms with van der Waals surface area (Å²) in [5.41, 5.74) is 8.01. The lowest BCUT2D eigenvalue weighted by atomic mass is 10.0. The molecule has 1 heterocycles. The largest absolute Gasteiger partial charge is 0.324 e. The van der Waals surface area contributed by atoms with Gasteiger partial charge in [0.1, 0.15) is 0 Å². The Morgan fingerprint density at radius 2 is 2.50 bits per heavy atom. The van der Waals surface area contributed by atoms with E-state index in [0.717, 1.165) is 17.7 Å². The molecule has 2 heteroatoms. The van der Waals surface area contributed by atoms with Gasteiger partial charge in [0, 0.05) is 17.9 Å². The van der Waals surface area contributed by atoms with Gasteiger partial charge in [0.15, 0.2) is 0 Å². The SMILES string of the molecule is C=CC[C@@H](N)c1cccnc1C. The van der Waals surface area contributed by atoms with Crippen LogP contribution < -0.4 is 5.73 Å². The predicted octanol–water partition coefficient (Wildman–Crippen LogP) is 1.97. The molecule has 64 valence electrons. The Bertz CT molecular complexity index is 268. The molecule has 1 atom stereocenters. The molecule has 2 N–H and O–H groups in total. The Labute approximate surface area is 73.1 Å². The molecular weight excluding hydrogens is 148 g/mol. The van der Waals surface area contributed by atoms with E-state index in [2.05, 4.69) is 11.6 Å². The highest BCUT2D eigenvalue weighted by Gasteiger charge is 2.06. The molecule has 2 nitrogen and oxygen atoms in total. The van der Waals surface area contributed by atoms with E-state index in [0.29, 0.717) is 0 Å². The van der Waals surface area contributed by atoms with Crippen molar-refractivity contribution in [2.45, 2.75) is 19.4 Å². The van der Waals surface area contributed by atoms with Gasteiger partial charge in [-0.05, 0) is 25.0 Å². The topological polar surface area (TPSA) is 38.9 Å². The maximum absolute atomic E-state index is 5.90. The van der Waals surface area contributed by atoms with Gasteiger partial charge >= 0.3 is 0 Å². The number of pyridine rings is 1. The van der Waals surface area contributed by atoms with E-state index in [4.69, 9.17) is 5.73 Å². The average molecular weight is 162 g/mol. The van der Waals surface area contributed by atoms with Gasteiger partial charge in [-0.3, -0.25) is 4.98 Å². The van der Waals surface area contributed by atoms with Gasteiger partial charge in [0.05, 0.1) is 0 Å². The molecule has 1 aromatic heterocycles. The summed E-state index contributed by atoms with van der Waals surface area (Å²) >= 11 is 0. The Morgan fingerprint density at radius 3 is 3.08 bits per heavy atom. The minimum absolute atomic E-state index is 0.0381. The number of nitrogens with two attached hydrogens (primary N) is 1. The van der Waals surface area contributed by atoms with E-state index < -0.39 is 0 Å². The molecule has 1 rings (SSSR count). The lowest BCUT2D eigenvalue weighted by Gasteiger charge is -2.10. The lowest BCUT2D eigenvalue weighted by Crippen LogP contribution is -2.11. The van der Waals surface area contributed by atoms with Gasteiger partial charge in [-0.1, -0.05) is 12.1 Å². The van der Waals surface area contributed by atoms with E-state index in [1.54, 1.807) is 6.20 Å². The predicted molar refractivity (Wildman–Crippen MR) is 50.7 cm³/mol. The van der Waals surface area contributed by atoms with E-state index >= 15 is 0 Å². The van der Waals surface area contributed by atoms with Gasteiger partial charge in [-0.25, -0.2) is 0 Å². The van der Waals surface area contributed by atoms with Crippen molar-refractivity contribution < 1.29 is 0 Å². The van der Waals surface area contributed by atoms with Crippen molar-refractivity contribution in [3.05, 3.63) is 42.2 Å². The first-order valence-electron chi connectivity index (χ1n) is 4.03. The molecule has 0 amide bonds. The number of nitrogens with zero attached hydrogens (tertiary/aromatic N) is 1. The summed E-state index contributed by atoms with van der Waals surface area (Å²) in [5, 5.41) is 0. The van der Waals surface area contributed by atoms with Crippen molar-refractivity contribution in [2.24, 2.45) is 5.73 Å². The second-order valence-electron chi connectivity index (χ2n) is 2.81. The minimum atomic E-state index is 0.0381. The van der Waals surface area contributed by atoms with Crippen LogP contribution in [0.15, 0.2) is 31.0 Å². The van der Waals surface area contributed by atoms with E-state index in [-0.39, 0.29) is 6.04 Å². The van der Waals surface area contributed by atoms with Crippen LogP contribution in [0.3, 0.4) is 0 Å². The summed E-state index contributed by atoms with van der Waals surface area (Å²) in [6.45, 7) is 5.63. The van der Waals surface area contributed by atoms with Crippen LogP contribution >= 0.6 is 0 Å². The zero-order chi connectivity index (χ0) is 8.97. The molecule has 1 aromatic rings. The van der Waals surface area contributed by atoms with Gasteiger partial charge in [-0.2, -0.15) is 0 Å². The highest BCUT2D eigenvalue weighted by molar-refractivity contribution is 5.22. The fourth-order valence-electron chi connectivity index (χ4n) is 1.20. The fraction of sp³-hybridized carbons (Fsp3) is 0.300. The van der Waals surface area contributed by atoms with Crippen LogP contribution in [0, 0.1) is 6.92 Å². The quantitative estimate of drug-likeness (QED) is 0.690. The van der Waals surface area contributed by atoms with Crippen molar-refractivity contribution in [3.63, 3.8) is 0 Å². The average Bonchev–Trinajstić information content (AvgIpc) is 2.05. The molecule has 12 heavy (non-hydrogen) atoms. The number of aryl methyl sites for hydroxylation is 1. The van der Waals surface area contributed by atoms with E-state index in [9.17, 15) is 0 Å². The van der Waals surface area contributed by atoms with Crippen LogP contribution in [-0.4, -0.2) is 4.98 Å². The molecule has 0 saturated heterocycles. The third-order valence-electron chi connectivity index (χ3n) is 1.87. The highest BCUT2D eigenvalue weighted by atomic mass is 14.7. The minimum Gasteiger partial charge on any atom is -0.324 e. The smallest absolute Gasteiger partial charge is 0.0420 e. The normalized spacial score (nSPS) is 12.5. The molecule has 0 aliphatic rings. The monoisotopic (exact) mass is 162 g/mol. The highest BCUT2D eigenvalue weighted by Crippen LogP contribution is 2.15. The first-order valence-corrected chi connectivity index (χ1v) is 4.03. The van der Waals surface area contributed by atoms with Gasteiger partial charge < -0.3 is 5.73 Å². The first-order chi connectivity index (χ1) is 5.75. The van der Waals surface area contributed by atoms with Gasteiger partial charge in [0.25, 0.3) is 0 Å². The summed E-state index contributed by atoms with van der Waals surface area (Å²) in [6.07, 6.45) is 4.41. The molecular formula is C10H14N2. The standard InChI is InChI=1S/C10H14N2/c1-3-5-10(11)9-6-4-7-12-8(9)2/h3-4,6-7,10H,1,5,11H2,2H3/t10-/m1/s1. The van der Waals surface area contributed by atoms with Crippen LogP contribution in [0.1, 0.15) is 23.7 Å². The Balaban J connectivity index is 2.86. The maximum Gasteiger partial charge on any atom is 0.0420 e. The van der Waals surface area contributed by atoms with Gasteiger partial charge in [-0.15, -0.1) is 6.58 Å². The number of hydrogen-bond acceptors (Lipinski definition) is 2. The number of rotatable bonds is 3. The van der Waals surface area contributed by atoms with Crippen molar-refractivity contribution in [3.8, 4) is 0 Å². The summed E-state index contributed by atoms with van der Waals surface area (Å²) in [5.74, 6) is 0. The molecule has 0 unspecified atom stereocenters. The van der Waals surface area contributed by atoms with Crippen LogP contribution in [0.5, 0.6) is 0 Å². The summed E-state index contributed by atoms with van der Waals surface area (Å²) < 4.78 is 0. The van der Waals surface area contributed by atoms with Crippen LogP contribution in [0.2, 0.25) is 0 Å². The Morgan fingerprint density at radius 1 is 1.75 bits per heavy atom. The van der Waals surface area contributed by atoms with E-state index in [1.807, 2.05) is 25.1 Å². The molecule has 0 radical (unpaired) electrons. The molecule has 0 aliphatic heterocycles. The molecule has 0 saturated carbocycles. The van der Waals surface area contributed by atoms with Crippen LogP contribution in [0.25, 0.3) is 0 Å². The van der Waals surface area contributed by atoms with Crippen molar-refractivity contribution in [1.82, 2.24) is 4.98 Å². The first kappa shape index (κ1) is 8.94. The summed E-state index contributed by atoms with van der Waals surface area (Å²) in [7, 11) is 0. The van der Waals surface area contributed by atoms with Crippen molar-refractivity contribution in [1.29, 1.82) is 0 Å². The zero-order valence-corrected chi connectivity index (χ0v) is 7.33. The third kappa shape index (κ3) is 1.92. The fourth-order valence-corrected chi connectivity index (χ4v) is 1.20. The third-order valence-corrected chi connectivity index (χ3v) is 1.87. The lowest BCUT2D eigenvalue weighted by molar-refractivity contribution is 0.729. The van der Waals surface area contributed by atoms with Crippen LogP contribution in [0.4, 0.5) is 0 Å². The molecule has 0 bridgehead atoms. The number of hydrogen-bond donors (Lipinski definition) is 1. The second kappa shape index (κ2) is 4.02. The molecule has 0 fully saturated rings. The van der Waals surface area contributed by atoms with Gasteiger partial charge in [0.2, 0.25) is 0 Å². The molecule has 0 spiro atoms. The van der Waals surface area contributed by atoms with Crippen LogP contribution in [-0.2, 0) is 0 Å². The molecule has 0 aliphatic carbocycles. The maximum atomic E-state index is 5.90. The summed E-state index contributed by atoms with van der Waals surface area (Å²) in [6, 6.07) is 3.96. The second-order valence-corrected chi connectivity index (χ2v) is 2.81. The Kier molecular flexibility index (Phi) is 3.00. The summed E-state index contributed by atoms with van der Waals surface area (Å²) in [4.78, 5) is 4.17. The number of aromatic nitrogens is 1. The Hall–Kier alpha value is -1.15. The van der Waals surface area contributed by atoms with Crippen molar-refractivity contribution >= 4 is 0 Å². The molecule has 0 aromatic carbocycles. The zero-order valence-electron chi connectivity index (χ0n) is 7.33.